The lowest BCUT2D eigenvalue weighted by Gasteiger charge is -2.13. The second-order valence-corrected chi connectivity index (χ2v) is 5.23. The molecule has 2 rings (SSSR count). The van der Waals surface area contributed by atoms with E-state index < -0.39 is 6.43 Å². The largest absolute Gasteiger partial charge is 0.496 e. The van der Waals surface area contributed by atoms with Gasteiger partial charge in [0.25, 0.3) is 6.43 Å². The Morgan fingerprint density at radius 2 is 1.55 bits per heavy atom. The molecule has 0 saturated carbocycles. The summed E-state index contributed by atoms with van der Waals surface area (Å²) in [5.41, 5.74) is 0.803. The van der Waals surface area contributed by atoms with E-state index in [1.165, 1.54) is 37.4 Å². The molecule has 0 heterocycles. The van der Waals surface area contributed by atoms with Gasteiger partial charge in [0.2, 0.25) is 0 Å². The van der Waals surface area contributed by atoms with Gasteiger partial charge in [-0.2, -0.15) is 0 Å². The number of ether oxygens (including phenoxy) is 1. The van der Waals surface area contributed by atoms with E-state index in [0.717, 1.165) is 0 Å². The molecular formula is C14H9Cl3F2O. The zero-order chi connectivity index (χ0) is 14.9. The van der Waals surface area contributed by atoms with Crippen LogP contribution in [0.25, 0.3) is 11.1 Å². The number of hydrogen-bond donors (Lipinski definition) is 0. The maximum absolute atomic E-state index is 12.8. The lowest BCUT2D eigenvalue weighted by molar-refractivity contribution is 0.151. The van der Waals surface area contributed by atoms with Crippen LogP contribution >= 0.6 is 34.8 Å². The van der Waals surface area contributed by atoms with Crippen LogP contribution in [-0.2, 0) is 0 Å². The molecule has 0 aliphatic rings. The molecule has 0 radical (unpaired) electrons. The normalized spacial score (nSPS) is 10.9. The molecular weight excluding hydrogens is 329 g/mol. The molecule has 0 amide bonds. The highest BCUT2D eigenvalue weighted by atomic mass is 35.5. The van der Waals surface area contributed by atoms with Gasteiger partial charge in [-0.1, -0.05) is 34.8 Å². The molecule has 0 spiro atoms. The van der Waals surface area contributed by atoms with Gasteiger partial charge in [0, 0.05) is 16.7 Å². The lowest BCUT2D eigenvalue weighted by Crippen LogP contribution is -1.92. The Hall–Kier alpha value is -1.03. The summed E-state index contributed by atoms with van der Waals surface area (Å²) in [6.45, 7) is 0. The van der Waals surface area contributed by atoms with E-state index in [-0.39, 0.29) is 10.6 Å². The first kappa shape index (κ1) is 15.4. The van der Waals surface area contributed by atoms with Gasteiger partial charge in [0.15, 0.2) is 0 Å². The van der Waals surface area contributed by atoms with Gasteiger partial charge in [0.1, 0.15) is 5.75 Å². The second-order valence-electron chi connectivity index (χ2n) is 4.01. The molecule has 0 aromatic heterocycles. The molecule has 0 unspecified atom stereocenters. The van der Waals surface area contributed by atoms with Crippen LogP contribution in [0.5, 0.6) is 5.75 Å². The summed E-state index contributed by atoms with van der Waals surface area (Å²) >= 11 is 17.9. The van der Waals surface area contributed by atoms with Crippen molar-refractivity contribution in [2.24, 2.45) is 0 Å². The maximum atomic E-state index is 12.8. The van der Waals surface area contributed by atoms with Gasteiger partial charge in [-0.05, 0) is 30.3 Å². The smallest absolute Gasteiger partial charge is 0.263 e. The molecule has 20 heavy (non-hydrogen) atoms. The number of alkyl halides is 2. The van der Waals surface area contributed by atoms with Crippen LogP contribution in [0.4, 0.5) is 8.78 Å². The van der Waals surface area contributed by atoms with Crippen molar-refractivity contribution < 1.29 is 13.5 Å². The highest BCUT2D eigenvalue weighted by Gasteiger charge is 2.16. The van der Waals surface area contributed by atoms with E-state index in [4.69, 9.17) is 39.5 Å². The van der Waals surface area contributed by atoms with E-state index in [9.17, 15) is 8.78 Å². The van der Waals surface area contributed by atoms with Crippen molar-refractivity contribution in [1.82, 2.24) is 0 Å². The van der Waals surface area contributed by atoms with Crippen molar-refractivity contribution in [2.45, 2.75) is 6.43 Å². The summed E-state index contributed by atoms with van der Waals surface area (Å²) in [4.78, 5) is 0. The van der Waals surface area contributed by atoms with Crippen molar-refractivity contribution in [3.63, 3.8) is 0 Å². The van der Waals surface area contributed by atoms with Crippen LogP contribution in [0.1, 0.15) is 12.0 Å². The fraction of sp³-hybridized carbons (Fsp3) is 0.143. The Morgan fingerprint density at radius 1 is 0.900 bits per heavy atom. The Labute approximate surface area is 130 Å². The van der Waals surface area contributed by atoms with Gasteiger partial charge < -0.3 is 4.74 Å². The molecule has 0 atom stereocenters. The van der Waals surface area contributed by atoms with E-state index >= 15 is 0 Å². The summed E-state index contributed by atoms with van der Waals surface area (Å²) in [5.74, 6) is 0.426. The van der Waals surface area contributed by atoms with Crippen LogP contribution in [0.15, 0.2) is 30.3 Å². The Bertz CT molecular complexity index is 645. The van der Waals surface area contributed by atoms with Crippen LogP contribution in [0.3, 0.4) is 0 Å². The molecule has 0 bridgehead atoms. The standard InChI is InChI=1S/C14H9Cl3F2O/c1-20-13-3-2-7(14(18)19)4-9(13)8-5-11(16)12(17)6-10(8)15/h2-6,14H,1H3. The minimum atomic E-state index is -2.58. The van der Waals surface area contributed by atoms with Crippen LogP contribution in [-0.4, -0.2) is 7.11 Å². The zero-order valence-corrected chi connectivity index (χ0v) is 12.5. The number of hydrogen-bond acceptors (Lipinski definition) is 1. The first-order chi connectivity index (χ1) is 9.43. The van der Waals surface area contributed by atoms with Crippen molar-refractivity contribution in [1.29, 1.82) is 0 Å². The molecule has 0 saturated heterocycles. The minimum Gasteiger partial charge on any atom is -0.496 e. The molecule has 0 aliphatic carbocycles. The first-order valence-electron chi connectivity index (χ1n) is 5.55. The summed E-state index contributed by atoms with van der Waals surface area (Å²) in [6.07, 6.45) is -2.58. The SMILES string of the molecule is COc1ccc(C(F)F)cc1-c1cc(Cl)c(Cl)cc1Cl. The van der Waals surface area contributed by atoms with Gasteiger partial charge in [-0.3, -0.25) is 0 Å². The van der Waals surface area contributed by atoms with E-state index in [1.807, 2.05) is 0 Å². The second kappa shape index (κ2) is 6.17. The molecule has 2 aromatic rings. The van der Waals surface area contributed by atoms with Crippen molar-refractivity contribution in [3.05, 3.63) is 51.0 Å². The van der Waals surface area contributed by atoms with Crippen LogP contribution < -0.4 is 4.74 Å². The Kier molecular flexibility index (Phi) is 4.74. The summed E-state index contributed by atoms with van der Waals surface area (Å²) in [5, 5.41) is 0.893. The molecule has 0 fully saturated rings. The number of rotatable bonds is 3. The van der Waals surface area contributed by atoms with Gasteiger partial charge in [-0.25, -0.2) is 8.78 Å². The first-order valence-corrected chi connectivity index (χ1v) is 6.68. The third kappa shape index (κ3) is 3.00. The van der Waals surface area contributed by atoms with Crippen molar-refractivity contribution in [3.8, 4) is 16.9 Å². The number of methoxy groups -OCH3 is 1. The summed E-state index contributed by atoms with van der Waals surface area (Å²) in [7, 11) is 1.45. The quantitative estimate of drug-likeness (QED) is 0.601. The van der Waals surface area contributed by atoms with E-state index in [2.05, 4.69) is 0 Å². The third-order valence-electron chi connectivity index (χ3n) is 2.78. The topological polar surface area (TPSA) is 9.23 Å². The molecule has 106 valence electrons. The molecule has 0 aliphatic heterocycles. The predicted octanol–water partition coefficient (Wildman–Crippen LogP) is 6.26. The average molecular weight is 338 g/mol. The minimum absolute atomic E-state index is 0.122. The van der Waals surface area contributed by atoms with Gasteiger partial charge in [-0.15, -0.1) is 0 Å². The average Bonchev–Trinajstić information content (AvgIpc) is 2.42. The van der Waals surface area contributed by atoms with Gasteiger partial charge >= 0.3 is 0 Å². The van der Waals surface area contributed by atoms with Crippen LogP contribution in [0, 0.1) is 0 Å². The number of halogens is 5. The molecule has 2 aromatic carbocycles. The molecule has 1 nitrogen and oxygen atoms in total. The monoisotopic (exact) mass is 336 g/mol. The third-order valence-corrected chi connectivity index (χ3v) is 3.81. The van der Waals surface area contributed by atoms with Gasteiger partial charge in [0.05, 0.1) is 22.2 Å². The highest BCUT2D eigenvalue weighted by molar-refractivity contribution is 6.44. The lowest BCUT2D eigenvalue weighted by atomic mass is 10.0. The Morgan fingerprint density at radius 3 is 2.15 bits per heavy atom. The molecule has 0 N–H and O–H groups in total. The highest BCUT2D eigenvalue weighted by Crippen LogP contribution is 2.40. The predicted molar refractivity (Wildman–Crippen MR) is 78.4 cm³/mol. The number of benzene rings is 2. The fourth-order valence-electron chi connectivity index (χ4n) is 1.80. The Balaban J connectivity index is 2.67. The summed E-state index contributed by atoms with van der Waals surface area (Å²) < 4.78 is 30.8. The van der Waals surface area contributed by atoms with Crippen molar-refractivity contribution >= 4 is 34.8 Å². The fourth-order valence-corrected chi connectivity index (χ4v) is 2.45. The van der Waals surface area contributed by atoms with Crippen LogP contribution in [0.2, 0.25) is 15.1 Å². The summed E-state index contributed by atoms with van der Waals surface area (Å²) in [6, 6.07) is 7.09. The van der Waals surface area contributed by atoms with E-state index in [1.54, 1.807) is 0 Å². The van der Waals surface area contributed by atoms with E-state index in [0.29, 0.717) is 26.9 Å². The van der Waals surface area contributed by atoms with Crippen molar-refractivity contribution in [2.75, 3.05) is 7.11 Å². The maximum Gasteiger partial charge on any atom is 0.263 e. The zero-order valence-electron chi connectivity index (χ0n) is 10.3. The molecule has 6 heteroatoms.